The van der Waals surface area contributed by atoms with Gasteiger partial charge in [0.05, 0.1) is 45.7 Å². The summed E-state index contributed by atoms with van der Waals surface area (Å²) in [6, 6.07) is 8.93. The first-order valence-electron chi connectivity index (χ1n) is 12.5. The van der Waals surface area contributed by atoms with Crippen molar-refractivity contribution in [1.82, 2.24) is 4.90 Å². The third-order valence-corrected chi connectivity index (χ3v) is 5.28. The molecule has 0 radical (unpaired) electrons. The first kappa shape index (κ1) is 33.4. The van der Waals surface area contributed by atoms with E-state index in [1.54, 1.807) is 34.8 Å². The molecule has 0 heterocycles. The van der Waals surface area contributed by atoms with Crippen LogP contribution in [0.1, 0.15) is 46.1 Å². The van der Waals surface area contributed by atoms with Crippen molar-refractivity contribution in [3.63, 3.8) is 0 Å². The molecular formula is C27H41N3O9. The van der Waals surface area contributed by atoms with Crippen molar-refractivity contribution in [3.05, 3.63) is 47.7 Å². The van der Waals surface area contributed by atoms with Crippen LogP contribution in [0.2, 0.25) is 0 Å². The number of oxime groups is 1. The summed E-state index contributed by atoms with van der Waals surface area (Å²) in [4.78, 5) is 43.2. The Bertz CT molecular complexity index is 974. The molecule has 0 aromatic heterocycles. The standard InChI is InChI=1S/C27H41N3O9/c1-8-30(26(33)38-27(2,3)4)21(24(28)29-39-22(25(32)36-7)16-23(31)35-6)15-14-20(34-5)18-37-17-19-12-10-9-11-13-19/h9-13,16,20-21H,8,14-15,17-18H2,1-7H3,(H2,28,29)/b22-16-. The monoisotopic (exact) mass is 551 g/mol. The second kappa shape index (κ2) is 17.0. The average Bonchev–Trinajstić information content (AvgIpc) is 2.90. The Hall–Kier alpha value is -3.64. The van der Waals surface area contributed by atoms with Crippen LogP contribution in [0.4, 0.5) is 4.79 Å². The van der Waals surface area contributed by atoms with Crippen LogP contribution in [0, 0.1) is 0 Å². The van der Waals surface area contributed by atoms with E-state index in [-0.39, 0.29) is 18.5 Å². The van der Waals surface area contributed by atoms with Gasteiger partial charge in [0.25, 0.3) is 0 Å². The summed E-state index contributed by atoms with van der Waals surface area (Å²) in [5.74, 6) is -2.51. The largest absolute Gasteiger partial charge is 0.466 e. The number of amidine groups is 1. The smallest absolute Gasteiger partial charge is 0.410 e. The Morgan fingerprint density at radius 2 is 1.72 bits per heavy atom. The van der Waals surface area contributed by atoms with Crippen molar-refractivity contribution >= 4 is 23.9 Å². The van der Waals surface area contributed by atoms with Gasteiger partial charge < -0.3 is 34.3 Å². The minimum Gasteiger partial charge on any atom is -0.466 e. The number of hydrogen-bond acceptors (Lipinski definition) is 10. The van der Waals surface area contributed by atoms with Crippen molar-refractivity contribution in [1.29, 1.82) is 0 Å². The van der Waals surface area contributed by atoms with Gasteiger partial charge in [0.15, 0.2) is 5.84 Å². The van der Waals surface area contributed by atoms with Gasteiger partial charge in [0, 0.05) is 13.7 Å². The van der Waals surface area contributed by atoms with Crippen molar-refractivity contribution in [2.24, 2.45) is 10.9 Å². The van der Waals surface area contributed by atoms with Crippen molar-refractivity contribution < 1.29 is 42.9 Å². The van der Waals surface area contributed by atoms with E-state index in [0.717, 1.165) is 25.9 Å². The molecule has 2 N–H and O–H groups in total. The predicted octanol–water partition coefficient (Wildman–Crippen LogP) is 3.14. The molecule has 1 amide bonds. The summed E-state index contributed by atoms with van der Waals surface area (Å²) in [6.45, 7) is 7.97. The number of nitrogens with two attached hydrogens (primary N) is 1. The van der Waals surface area contributed by atoms with Crippen molar-refractivity contribution in [3.8, 4) is 0 Å². The quantitative estimate of drug-likeness (QED) is 0.0655. The van der Waals surface area contributed by atoms with Gasteiger partial charge >= 0.3 is 18.0 Å². The predicted molar refractivity (Wildman–Crippen MR) is 143 cm³/mol. The number of likely N-dealkylation sites (N-methyl/N-ethyl adjacent to an activating group) is 1. The SMILES string of the molecule is CCN(C(=O)OC(C)(C)C)C(CCC(COCc1ccccc1)OC)C(N)=NO/C(=C\C(=O)OC)C(=O)OC. The summed E-state index contributed by atoms with van der Waals surface area (Å²) in [5.41, 5.74) is 6.54. The molecule has 0 saturated heterocycles. The number of rotatable bonds is 15. The zero-order chi connectivity index (χ0) is 29.4. The molecule has 0 bridgehead atoms. The molecule has 0 spiro atoms. The zero-order valence-electron chi connectivity index (χ0n) is 23.8. The Balaban J connectivity index is 3.11. The Labute approximate surface area is 230 Å². The van der Waals surface area contributed by atoms with E-state index in [2.05, 4.69) is 14.6 Å². The Morgan fingerprint density at radius 1 is 1.05 bits per heavy atom. The molecule has 0 saturated carbocycles. The maximum atomic E-state index is 13.0. The van der Waals surface area contributed by atoms with E-state index >= 15 is 0 Å². The lowest BCUT2D eigenvalue weighted by Crippen LogP contribution is -2.50. The van der Waals surface area contributed by atoms with Gasteiger partial charge in [-0.05, 0) is 46.1 Å². The molecular weight excluding hydrogens is 510 g/mol. The van der Waals surface area contributed by atoms with Crippen LogP contribution < -0.4 is 5.73 Å². The molecule has 2 unspecified atom stereocenters. The number of carbonyl (C=O) groups excluding carboxylic acids is 3. The van der Waals surface area contributed by atoms with E-state index in [4.69, 9.17) is 24.8 Å². The summed E-state index contributed by atoms with van der Waals surface area (Å²) in [7, 11) is 3.81. The molecule has 1 rings (SSSR count). The van der Waals surface area contributed by atoms with Gasteiger partial charge in [-0.3, -0.25) is 4.90 Å². The van der Waals surface area contributed by atoms with E-state index in [9.17, 15) is 14.4 Å². The molecule has 0 aliphatic heterocycles. The molecule has 12 nitrogen and oxygen atoms in total. The van der Waals surface area contributed by atoms with Crippen LogP contribution in [0.15, 0.2) is 47.3 Å². The second-order valence-electron chi connectivity index (χ2n) is 9.35. The molecule has 2 atom stereocenters. The van der Waals surface area contributed by atoms with Gasteiger partial charge in [-0.2, -0.15) is 0 Å². The lowest BCUT2D eigenvalue weighted by Gasteiger charge is -2.33. The average molecular weight is 552 g/mol. The van der Waals surface area contributed by atoms with Gasteiger partial charge in [-0.15, -0.1) is 0 Å². The summed E-state index contributed by atoms with van der Waals surface area (Å²) in [5, 5.41) is 3.83. The molecule has 0 aliphatic rings. The number of carbonyl (C=O) groups is 3. The van der Waals surface area contributed by atoms with E-state index in [0.29, 0.717) is 26.1 Å². The highest BCUT2D eigenvalue weighted by molar-refractivity contribution is 5.95. The fourth-order valence-corrected chi connectivity index (χ4v) is 3.31. The first-order chi connectivity index (χ1) is 18.4. The molecule has 39 heavy (non-hydrogen) atoms. The van der Waals surface area contributed by atoms with Crippen LogP contribution in [0.25, 0.3) is 0 Å². The number of nitrogens with zero attached hydrogens (tertiary/aromatic N) is 2. The van der Waals surface area contributed by atoms with E-state index in [1.807, 2.05) is 30.3 Å². The van der Waals surface area contributed by atoms with Crippen LogP contribution >= 0.6 is 0 Å². The minimum atomic E-state index is -0.969. The molecule has 0 fully saturated rings. The first-order valence-corrected chi connectivity index (χ1v) is 12.5. The number of ether oxygens (including phenoxy) is 5. The van der Waals surface area contributed by atoms with Crippen molar-refractivity contribution in [2.75, 3.05) is 34.5 Å². The fourth-order valence-electron chi connectivity index (χ4n) is 3.31. The molecule has 218 valence electrons. The summed E-state index contributed by atoms with van der Waals surface area (Å²) < 4.78 is 26.1. The summed E-state index contributed by atoms with van der Waals surface area (Å²) >= 11 is 0. The Morgan fingerprint density at radius 3 is 2.26 bits per heavy atom. The molecule has 1 aromatic carbocycles. The lowest BCUT2D eigenvalue weighted by molar-refractivity contribution is -0.142. The summed E-state index contributed by atoms with van der Waals surface area (Å²) in [6.07, 6.45) is 0.585. The minimum absolute atomic E-state index is 0.137. The van der Waals surface area contributed by atoms with Gasteiger partial charge in [-0.1, -0.05) is 35.5 Å². The van der Waals surface area contributed by atoms with Crippen LogP contribution in [-0.4, -0.2) is 81.0 Å². The van der Waals surface area contributed by atoms with Crippen LogP contribution in [0.5, 0.6) is 0 Å². The highest BCUT2D eigenvalue weighted by Gasteiger charge is 2.31. The van der Waals surface area contributed by atoms with Crippen molar-refractivity contribution in [2.45, 2.75) is 64.9 Å². The number of esters is 2. The lowest BCUT2D eigenvalue weighted by atomic mass is 10.1. The number of methoxy groups -OCH3 is 3. The van der Waals surface area contributed by atoms with Gasteiger partial charge in [0.2, 0.25) is 5.76 Å². The van der Waals surface area contributed by atoms with Crippen LogP contribution in [-0.2, 0) is 44.7 Å². The number of amides is 1. The molecule has 12 heteroatoms. The normalized spacial score (nSPS) is 13.7. The molecule has 0 aliphatic carbocycles. The number of hydrogen-bond donors (Lipinski definition) is 1. The van der Waals surface area contributed by atoms with Gasteiger partial charge in [-0.25, -0.2) is 14.4 Å². The Kier molecular flexibility index (Phi) is 14.6. The van der Waals surface area contributed by atoms with Crippen LogP contribution in [0.3, 0.4) is 0 Å². The molecule has 1 aromatic rings. The maximum absolute atomic E-state index is 13.0. The van der Waals surface area contributed by atoms with E-state index < -0.39 is 35.4 Å². The number of benzene rings is 1. The van der Waals surface area contributed by atoms with E-state index in [1.165, 1.54) is 4.90 Å². The highest BCUT2D eigenvalue weighted by Crippen LogP contribution is 2.17. The van der Waals surface area contributed by atoms with Gasteiger partial charge in [0.1, 0.15) is 5.60 Å². The topological polar surface area (TPSA) is 148 Å². The maximum Gasteiger partial charge on any atom is 0.410 e. The third-order valence-electron chi connectivity index (χ3n) is 5.28. The second-order valence-corrected chi connectivity index (χ2v) is 9.35. The highest BCUT2D eigenvalue weighted by atomic mass is 16.7. The third kappa shape index (κ3) is 12.6. The fraction of sp³-hybridized carbons (Fsp3) is 0.556. The zero-order valence-corrected chi connectivity index (χ0v) is 23.8.